The molecular formula is C17H31N3O3S. The lowest BCUT2D eigenvalue weighted by molar-refractivity contribution is 0.0956. The summed E-state index contributed by atoms with van der Waals surface area (Å²) in [6, 6.07) is 0. The molecule has 0 spiro atoms. The average Bonchev–Trinajstić information content (AvgIpc) is 2.99. The lowest BCUT2D eigenvalue weighted by Gasteiger charge is -2.22. The number of carbonyl (C=O) groups excluding carboxylic acids is 1. The number of β-amino-alcohol motifs (C(OH)–C–C–N with tert-alkyl or cyclic N) is 1. The smallest absolute Gasteiger partial charge is 0.273 e. The van der Waals surface area contributed by atoms with Crippen molar-refractivity contribution in [1.29, 1.82) is 0 Å². The predicted octanol–water partition coefficient (Wildman–Crippen LogP) is 2.58. The van der Waals surface area contributed by atoms with Crippen LogP contribution in [0, 0.1) is 0 Å². The zero-order chi connectivity index (χ0) is 18.0. The first-order valence-electron chi connectivity index (χ1n) is 8.61. The van der Waals surface area contributed by atoms with E-state index < -0.39 is 6.10 Å². The fraction of sp³-hybridized carbons (Fsp3) is 0.765. The minimum Gasteiger partial charge on any atom is -0.467 e. The number of rotatable bonds is 11. The van der Waals surface area contributed by atoms with Crippen molar-refractivity contribution >= 4 is 17.2 Å². The molecule has 1 heterocycles. The normalized spacial score (nSPS) is 12.9. The Bertz CT molecular complexity index is 486. The molecule has 0 radical (unpaired) electrons. The summed E-state index contributed by atoms with van der Waals surface area (Å²) in [6.45, 7) is 9.55. The van der Waals surface area contributed by atoms with Gasteiger partial charge in [-0.25, -0.2) is 4.98 Å². The SMILES string of the molecule is CCCCCCNC(=O)c1cnc(OCC(O)CNC(C)(C)C)s1. The third-order valence-electron chi connectivity index (χ3n) is 3.29. The number of nitrogens with zero attached hydrogens (tertiary/aromatic N) is 1. The Balaban J connectivity index is 2.28. The first-order chi connectivity index (χ1) is 11.3. The van der Waals surface area contributed by atoms with E-state index in [0.29, 0.717) is 23.2 Å². The van der Waals surface area contributed by atoms with E-state index in [-0.39, 0.29) is 18.1 Å². The van der Waals surface area contributed by atoms with E-state index in [1.165, 1.54) is 30.4 Å². The Labute approximate surface area is 149 Å². The Morgan fingerprint density at radius 3 is 2.79 bits per heavy atom. The molecule has 3 N–H and O–H groups in total. The highest BCUT2D eigenvalue weighted by Gasteiger charge is 2.14. The lowest BCUT2D eigenvalue weighted by Crippen LogP contribution is -2.42. The topological polar surface area (TPSA) is 83.5 Å². The highest BCUT2D eigenvalue weighted by Crippen LogP contribution is 2.20. The van der Waals surface area contributed by atoms with Crippen LogP contribution in [0.25, 0.3) is 0 Å². The molecular weight excluding hydrogens is 326 g/mol. The Morgan fingerprint density at radius 2 is 2.12 bits per heavy atom. The number of unbranched alkanes of at least 4 members (excludes halogenated alkanes) is 3. The highest BCUT2D eigenvalue weighted by molar-refractivity contribution is 7.15. The first-order valence-corrected chi connectivity index (χ1v) is 9.43. The van der Waals surface area contributed by atoms with Crippen LogP contribution in [0.15, 0.2) is 6.20 Å². The van der Waals surface area contributed by atoms with Crippen molar-refractivity contribution in [2.75, 3.05) is 19.7 Å². The van der Waals surface area contributed by atoms with Crippen molar-refractivity contribution in [3.8, 4) is 5.19 Å². The maximum absolute atomic E-state index is 12.0. The van der Waals surface area contributed by atoms with Crippen molar-refractivity contribution < 1.29 is 14.6 Å². The third-order valence-corrected chi connectivity index (χ3v) is 4.20. The summed E-state index contributed by atoms with van der Waals surface area (Å²) in [6.07, 6.45) is 5.40. The molecule has 1 amide bonds. The van der Waals surface area contributed by atoms with E-state index >= 15 is 0 Å². The van der Waals surface area contributed by atoms with Crippen LogP contribution < -0.4 is 15.4 Å². The van der Waals surface area contributed by atoms with Gasteiger partial charge < -0.3 is 20.5 Å². The van der Waals surface area contributed by atoms with Gasteiger partial charge in [0.1, 0.15) is 17.6 Å². The Morgan fingerprint density at radius 1 is 1.38 bits per heavy atom. The van der Waals surface area contributed by atoms with Crippen LogP contribution in [0.1, 0.15) is 63.0 Å². The molecule has 0 saturated heterocycles. The van der Waals surface area contributed by atoms with Gasteiger partial charge in [0.2, 0.25) is 0 Å². The van der Waals surface area contributed by atoms with Crippen LogP contribution in [0.4, 0.5) is 0 Å². The van der Waals surface area contributed by atoms with Crippen LogP contribution in [-0.4, -0.2) is 47.3 Å². The van der Waals surface area contributed by atoms with E-state index in [9.17, 15) is 9.90 Å². The van der Waals surface area contributed by atoms with E-state index in [1.54, 1.807) is 0 Å². The summed E-state index contributed by atoms with van der Waals surface area (Å²) in [5, 5.41) is 16.4. The van der Waals surface area contributed by atoms with Gasteiger partial charge in [-0.1, -0.05) is 37.5 Å². The summed E-state index contributed by atoms with van der Waals surface area (Å²) in [5.41, 5.74) is -0.0510. The van der Waals surface area contributed by atoms with Crippen LogP contribution in [0.3, 0.4) is 0 Å². The second-order valence-corrected chi connectivity index (χ2v) is 7.90. The fourth-order valence-corrected chi connectivity index (χ4v) is 2.61. The molecule has 0 aromatic carbocycles. The van der Waals surface area contributed by atoms with Gasteiger partial charge in [-0.05, 0) is 27.2 Å². The van der Waals surface area contributed by atoms with Crippen molar-refractivity contribution in [2.24, 2.45) is 0 Å². The standard InChI is InChI=1S/C17H31N3O3S/c1-5-6-7-8-9-18-15(22)14-11-19-16(24-14)23-12-13(21)10-20-17(2,3)4/h11,13,20-21H,5-10,12H2,1-4H3,(H,18,22). The number of ether oxygens (including phenoxy) is 1. The lowest BCUT2D eigenvalue weighted by atomic mass is 10.1. The van der Waals surface area contributed by atoms with Crippen LogP contribution >= 0.6 is 11.3 Å². The summed E-state index contributed by atoms with van der Waals surface area (Å²) in [5.74, 6) is -0.117. The highest BCUT2D eigenvalue weighted by atomic mass is 32.1. The summed E-state index contributed by atoms with van der Waals surface area (Å²) in [4.78, 5) is 16.6. The zero-order valence-electron chi connectivity index (χ0n) is 15.2. The molecule has 1 atom stereocenters. The maximum atomic E-state index is 12.0. The number of carbonyl (C=O) groups is 1. The van der Waals surface area contributed by atoms with Crippen molar-refractivity contribution in [2.45, 2.75) is 65.0 Å². The molecule has 24 heavy (non-hydrogen) atoms. The molecule has 0 aliphatic heterocycles. The minimum absolute atomic E-state index is 0.0510. The van der Waals surface area contributed by atoms with Gasteiger partial charge in [-0.2, -0.15) is 0 Å². The number of aliphatic hydroxyl groups is 1. The Kier molecular flexibility index (Phi) is 9.25. The van der Waals surface area contributed by atoms with Crippen molar-refractivity contribution in [3.63, 3.8) is 0 Å². The summed E-state index contributed by atoms with van der Waals surface area (Å²) < 4.78 is 5.46. The van der Waals surface area contributed by atoms with E-state index in [0.717, 1.165) is 12.8 Å². The molecule has 0 aliphatic rings. The van der Waals surface area contributed by atoms with Gasteiger partial charge in [0.15, 0.2) is 0 Å². The summed E-state index contributed by atoms with van der Waals surface area (Å²) >= 11 is 1.20. The number of hydrogen-bond donors (Lipinski definition) is 3. The second kappa shape index (κ2) is 10.6. The monoisotopic (exact) mass is 357 g/mol. The van der Waals surface area contributed by atoms with Gasteiger partial charge in [-0.3, -0.25) is 4.79 Å². The largest absolute Gasteiger partial charge is 0.467 e. The Hall–Kier alpha value is -1.18. The number of aromatic nitrogens is 1. The van der Waals surface area contributed by atoms with E-state index in [1.807, 2.05) is 20.8 Å². The van der Waals surface area contributed by atoms with Crippen LogP contribution in [0.2, 0.25) is 0 Å². The molecule has 0 bridgehead atoms. The number of thiazole rings is 1. The number of amides is 1. The zero-order valence-corrected chi connectivity index (χ0v) is 16.0. The van der Waals surface area contributed by atoms with E-state index in [2.05, 4.69) is 22.5 Å². The van der Waals surface area contributed by atoms with E-state index in [4.69, 9.17) is 4.74 Å². The van der Waals surface area contributed by atoms with Crippen molar-refractivity contribution in [3.05, 3.63) is 11.1 Å². The molecule has 1 aromatic heterocycles. The molecule has 1 aromatic rings. The molecule has 0 saturated carbocycles. The van der Waals surface area contributed by atoms with Crippen molar-refractivity contribution in [1.82, 2.24) is 15.6 Å². The molecule has 1 unspecified atom stereocenters. The van der Waals surface area contributed by atoms with Gasteiger partial charge in [-0.15, -0.1) is 0 Å². The van der Waals surface area contributed by atoms with Crippen LogP contribution in [0.5, 0.6) is 5.19 Å². The van der Waals surface area contributed by atoms with Gasteiger partial charge in [0.25, 0.3) is 11.1 Å². The predicted molar refractivity (Wildman–Crippen MR) is 97.8 cm³/mol. The minimum atomic E-state index is -0.621. The molecule has 7 heteroatoms. The third kappa shape index (κ3) is 9.20. The average molecular weight is 358 g/mol. The second-order valence-electron chi connectivity index (χ2n) is 6.90. The molecule has 6 nitrogen and oxygen atoms in total. The first kappa shape index (κ1) is 20.9. The van der Waals surface area contributed by atoms with Gasteiger partial charge in [0, 0.05) is 18.6 Å². The summed E-state index contributed by atoms with van der Waals surface area (Å²) in [7, 11) is 0. The van der Waals surface area contributed by atoms with Crippen LogP contribution in [-0.2, 0) is 0 Å². The molecule has 0 fully saturated rings. The number of aliphatic hydroxyl groups excluding tert-OH is 1. The van der Waals surface area contributed by atoms with Gasteiger partial charge >= 0.3 is 0 Å². The number of hydrogen-bond acceptors (Lipinski definition) is 6. The maximum Gasteiger partial charge on any atom is 0.273 e. The molecule has 1 rings (SSSR count). The molecule has 0 aliphatic carbocycles. The number of nitrogens with one attached hydrogen (secondary N) is 2. The molecule has 138 valence electrons. The quantitative estimate of drug-likeness (QED) is 0.530. The van der Waals surface area contributed by atoms with Gasteiger partial charge in [0.05, 0.1) is 6.20 Å². The fourth-order valence-electron chi connectivity index (χ4n) is 1.92.